The summed E-state index contributed by atoms with van der Waals surface area (Å²) >= 11 is 0. The Hall–Kier alpha value is -1.39. The van der Waals surface area contributed by atoms with E-state index in [1.165, 1.54) is 0 Å². The Bertz CT molecular complexity index is 323. The Morgan fingerprint density at radius 3 is 2.28 bits per heavy atom. The highest BCUT2D eigenvalue weighted by Crippen LogP contribution is 2.31. The van der Waals surface area contributed by atoms with Gasteiger partial charge < -0.3 is 9.84 Å². The Labute approximate surface area is 107 Å². The number of hydrogen-bond acceptors (Lipinski definition) is 4. The predicted octanol–water partition coefficient (Wildman–Crippen LogP) is 1.79. The highest BCUT2D eigenvalue weighted by atomic mass is 16.5. The minimum absolute atomic E-state index is 0.0511. The lowest BCUT2D eigenvalue weighted by Gasteiger charge is -2.27. The van der Waals surface area contributed by atoms with E-state index < -0.39 is 23.8 Å². The summed E-state index contributed by atoms with van der Waals surface area (Å²) in [7, 11) is 0. The number of ether oxygens (including phenoxy) is 1. The molecule has 1 N–H and O–H groups in total. The number of carboxylic acids is 1. The molecule has 0 heterocycles. The van der Waals surface area contributed by atoms with Gasteiger partial charge in [0.15, 0.2) is 0 Å². The number of carbonyl (C=O) groups excluding carboxylic acids is 2. The van der Waals surface area contributed by atoms with Crippen molar-refractivity contribution in [2.45, 2.75) is 45.4 Å². The van der Waals surface area contributed by atoms with Crippen molar-refractivity contribution in [3.8, 4) is 0 Å². The first-order chi connectivity index (χ1) is 8.56. The van der Waals surface area contributed by atoms with Crippen LogP contribution in [0.4, 0.5) is 0 Å². The molecule has 1 rings (SSSR count). The van der Waals surface area contributed by atoms with Crippen LogP contribution in [0.5, 0.6) is 0 Å². The number of hydrogen-bond donors (Lipinski definition) is 1. The lowest BCUT2D eigenvalue weighted by atomic mass is 9.76. The SMILES string of the molecule is CCOC(=O)CCC(=O)[C@@H]1CCCC[C@@H]1C(=O)O. The summed E-state index contributed by atoms with van der Waals surface area (Å²) in [5, 5.41) is 9.08. The van der Waals surface area contributed by atoms with Gasteiger partial charge in [-0.1, -0.05) is 12.8 Å². The molecule has 0 aromatic carbocycles. The third-order valence-corrected chi connectivity index (χ3v) is 3.38. The third-order valence-electron chi connectivity index (χ3n) is 3.38. The molecule has 0 unspecified atom stereocenters. The van der Waals surface area contributed by atoms with E-state index in [9.17, 15) is 14.4 Å². The van der Waals surface area contributed by atoms with Gasteiger partial charge in [0.1, 0.15) is 5.78 Å². The molecule has 2 atom stereocenters. The van der Waals surface area contributed by atoms with Crippen molar-refractivity contribution in [3.63, 3.8) is 0 Å². The maximum Gasteiger partial charge on any atom is 0.307 e. The molecule has 5 nitrogen and oxygen atoms in total. The Morgan fingerprint density at radius 2 is 1.72 bits per heavy atom. The molecule has 0 radical (unpaired) electrons. The number of esters is 1. The standard InChI is InChI=1S/C13H20O5/c1-2-18-12(15)8-7-11(14)9-5-3-4-6-10(9)13(16)17/h9-10H,2-8H2,1H3,(H,16,17)/t9-,10+/m1/s1. The molecule has 0 spiro atoms. The summed E-state index contributed by atoms with van der Waals surface area (Å²) in [6.45, 7) is 2.01. The van der Waals surface area contributed by atoms with Gasteiger partial charge in [-0.15, -0.1) is 0 Å². The zero-order chi connectivity index (χ0) is 13.5. The fraction of sp³-hybridized carbons (Fsp3) is 0.769. The van der Waals surface area contributed by atoms with Gasteiger partial charge in [0, 0.05) is 12.3 Å². The smallest absolute Gasteiger partial charge is 0.307 e. The van der Waals surface area contributed by atoms with E-state index in [-0.39, 0.29) is 18.6 Å². The zero-order valence-corrected chi connectivity index (χ0v) is 10.7. The van der Waals surface area contributed by atoms with Gasteiger partial charge in [-0.3, -0.25) is 14.4 Å². The maximum absolute atomic E-state index is 12.0. The predicted molar refractivity (Wildman–Crippen MR) is 64.0 cm³/mol. The van der Waals surface area contributed by atoms with Crippen LogP contribution in [0.2, 0.25) is 0 Å². The van der Waals surface area contributed by atoms with Crippen molar-refractivity contribution in [1.82, 2.24) is 0 Å². The van der Waals surface area contributed by atoms with Gasteiger partial charge in [-0.05, 0) is 19.8 Å². The largest absolute Gasteiger partial charge is 0.481 e. The summed E-state index contributed by atoms with van der Waals surface area (Å²) < 4.78 is 4.75. The first-order valence-corrected chi connectivity index (χ1v) is 6.47. The molecule has 1 saturated carbocycles. The molecular weight excluding hydrogens is 236 g/mol. The Morgan fingerprint density at radius 1 is 1.11 bits per heavy atom. The highest BCUT2D eigenvalue weighted by molar-refractivity contribution is 5.88. The van der Waals surface area contributed by atoms with E-state index in [0.717, 1.165) is 12.8 Å². The van der Waals surface area contributed by atoms with E-state index in [4.69, 9.17) is 9.84 Å². The van der Waals surface area contributed by atoms with Gasteiger partial charge in [0.05, 0.1) is 18.9 Å². The summed E-state index contributed by atoms with van der Waals surface area (Å²) in [5.41, 5.74) is 0. The van der Waals surface area contributed by atoms with Crippen LogP contribution in [0.1, 0.15) is 45.4 Å². The summed E-state index contributed by atoms with van der Waals surface area (Å²) in [4.78, 5) is 34.2. The van der Waals surface area contributed by atoms with Crippen molar-refractivity contribution >= 4 is 17.7 Å². The lowest BCUT2D eigenvalue weighted by Crippen LogP contribution is -2.32. The van der Waals surface area contributed by atoms with Gasteiger partial charge in [0.2, 0.25) is 0 Å². The van der Waals surface area contributed by atoms with Crippen molar-refractivity contribution < 1.29 is 24.2 Å². The average Bonchev–Trinajstić information content (AvgIpc) is 2.36. The van der Waals surface area contributed by atoms with Crippen LogP contribution in [0.15, 0.2) is 0 Å². The van der Waals surface area contributed by atoms with Crippen molar-refractivity contribution in [1.29, 1.82) is 0 Å². The number of ketones is 1. The van der Waals surface area contributed by atoms with Crippen molar-refractivity contribution in [2.75, 3.05) is 6.61 Å². The summed E-state index contributed by atoms with van der Waals surface area (Å²) in [6, 6.07) is 0. The van der Waals surface area contributed by atoms with E-state index in [0.29, 0.717) is 19.4 Å². The number of carboxylic acid groups (broad SMARTS) is 1. The van der Waals surface area contributed by atoms with Crippen molar-refractivity contribution in [3.05, 3.63) is 0 Å². The quantitative estimate of drug-likeness (QED) is 0.733. The number of rotatable bonds is 6. The summed E-state index contributed by atoms with van der Waals surface area (Å²) in [6.07, 6.45) is 3.07. The second-order valence-corrected chi connectivity index (χ2v) is 4.61. The minimum atomic E-state index is -0.899. The van der Waals surface area contributed by atoms with Crippen LogP contribution in [-0.4, -0.2) is 29.4 Å². The van der Waals surface area contributed by atoms with Gasteiger partial charge in [-0.25, -0.2) is 0 Å². The second-order valence-electron chi connectivity index (χ2n) is 4.61. The molecule has 0 aliphatic heterocycles. The van der Waals surface area contributed by atoms with Crippen LogP contribution in [-0.2, 0) is 19.1 Å². The molecule has 1 fully saturated rings. The Kier molecular flexibility index (Phi) is 5.82. The molecule has 5 heteroatoms. The van der Waals surface area contributed by atoms with E-state index in [2.05, 4.69) is 0 Å². The van der Waals surface area contributed by atoms with Gasteiger partial charge in [0.25, 0.3) is 0 Å². The van der Waals surface area contributed by atoms with E-state index in [1.807, 2.05) is 0 Å². The first kappa shape index (κ1) is 14.7. The van der Waals surface area contributed by atoms with Gasteiger partial charge >= 0.3 is 11.9 Å². The summed E-state index contributed by atoms with van der Waals surface area (Å²) in [5.74, 6) is -2.41. The molecule has 1 aliphatic rings. The van der Waals surface area contributed by atoms with E-state index in [1.54, 1.807) is 6.92 Å². The maximum atomic E-state index is 12.0. The minimum Gasteiger partial charge on any atom is -0.481 e. The van der Waals surface area contributed by atoms with Crippen LogP contribution in [0.3, 0.4) is 0 Å². The third kappa shape index (κ3) is 4.13. The number of carbonyl (C=O) groups is 3. The average molecular weight is 256 g/mol. The lowest BCUT2D eigenvalue weighted by molar-refractivity contribution is -0.149. The topological polar surface area (TPSA) is 80.7 Å². The van der Waals surface area contributed by atoms with Gasteiger partial charge in [-0.2, -0.15) is 0 Å². The Balaban J connectivity index is 2.48. The van der Waals surface area contributed by atoms with Crippen LogP contribution in [0.25, 0.3) is 0 Å². The fourth-order valence-electron chi connectivity index (χ4n) is 2.46. The van der Waals surface area contributed by atoms with Crippen LogP contribution >= 0.6 is 0 Å². The molecule has 0 bridgehead atoms. The molecule has 0 aromatic rings. The number of aliphatic carboxylic acids is 1. The van der Waals surface area contributed by atoms with Crippen LogP contribution < -0.4 is 0 Å². The molecule has 0 amide bonds. The van der Waals surface area contributed by atoms with Crippen LogP contribution in [0, 0.1) is 11.8 Å². The monoisotopic (exact) mass is 256 g/mol. The molecule has 0 saturated heterocycles. The molecule has 1 aliphatic carbocycles. The first-order valence-electron chi connectivity index (χ1n) is 6.47. The fourth-order valence-corrected chi connectivity index (χ4v) is 2.46. The second kappa shape index (κ2) is 7.13. The molecule has 18 heavy (non-hydrogen) atoms. The highest BCUT2D eigenvalue weighted by Gasteiger charge is 2.35. The molecular formula is C13H20O5. The molecule has 0 aromatic heterocycles. The zero-order valence-electron chi connectivity index (χ0n) is 10.7. The number of Topliss-reactive ketones (excluding diaryl/α,β-unsaturated/α-hetero) is 1. The molecule has 102 valence electrons. The van der Waals surface area contributed by atoms with E-state index >= 15 is 0 Å². The van der Waals surface area contributed by atoms with Crippen molar-refractivity contribution in [2.24, 2.45) is 11.8 Å². The normalized spacial score (nSPS) is 23.4.